The highest BCUT2D eigenvalue weighted by Crippen LogP contribution is 2.20. The Morgan fingerprint density at radius 2 is 1.83 bits per heavy atom. The summed E-state index contributed by atoms with van der Waals surface area (Å²) in [5.41, 5.74) is 1.44. The van der Waals surface area contributed by atoms with Crippen molar-refractivity contribution in [3.63, 3.8) is 0 Å². The summed E-state index contributed by atoms with van der Waals surface area (Å²) in [7, 11) is 0. The van der Waals surface area contributed by atoms with Crippen LogP contribution < -0.4 is 10.6 Å². The number of nitrogens with zero attached hydrogens (tertiary/aromatic N) is 1. The van der Waals surface area contributed by atoms with E-state index in [1.165, 1.54) is 12.2 Å². The third kappa shape index (κ3) is 10.3. The molecular weight excluding hydrogens is 538 g/mol. The standard InChI is InChI=1S/C32H39N3O7/c1-20(2)30-22(4)12-13-28(38)33-14-8-9-21(3)15-24(36)17-25(37)18-29-34-27(19-41-29)31(39)35-26(32(40)42-30)16-23-10-6-5-7-11-23/h5-13,15,19-20,22,24,26,30,36H,14,16-18H2,1-4H3,(H,33,38)(H,35,39)/b9-8+,13-12+,21-15+. The highest BCUT2D eigenvalue weighted by atomic mass is 16.5. The molecule has 0 fully saturated rings. The number of carbonyl (C=O) groups is 4. The van der Waals surface area contributed by atoms with E-state index in [9.17, 15) is 24.3 Å². The highest BCUT2D eigenvalue weighted by molar-refractivity contribution is 5.95. The number of esters is 1. The molecule has 0 aliphatic carbocycles. The Balaban J connectivity index is 1.90. The van der Waals surface area contributed by atoms with E-state index in [1.807, 2.05) is 51.1 Å². The Bertz CT molecular complexity index is 1330. The van der Waals surface area contributed by atoms with Gasteiger partial charge in [0.2, 0.25) is 11.8 Å². The summed E-state index contributed by atoms with van der Waals surface area (Å²) in [6.07, 6.45) is 7.41. The van der Waals surface area contributed by atoms with Gasteiger partial charge in [-0.25, -0.2) is 9.78 Å². The van der Waals surface area contributed by atoms with Crippen molar-refractivity contribution < 1.29 is 33.4 Å². The minimum atomic E-state index is -1.04. The first-order valence-electron chi connectivity index (χ1n) is 14.0. The Morgan fingerprint density at radius 1 is 1.10 bits per heavy atom. The van der Waals surface area contributed by atoms with Crippen LogP contribution in [0.15, 0.2) is 77.0 Å². The van der Waals surface area contributed by atoms with Gasteiger partial charge < -0.3 is 24.9 Å². The average Bonchev–Trinajstić information content (AvgIpc) is 3.40. The number of allylic oxidation sites excluding steroid dienone is 2. The average molecular weight is 578 g/mol. The molecule has 3 rings (SSSR count). The Labute approximate surface area is 245 Å². The Morgan fingerprint density at radius 3 is 2.55 bits per heavy atom. The quantitative estimate of drug-likeness (QED) is 0.471. The maximum absolute atomic E-state index is 13.5. The third-order valence-corrected chi connectivity index (χ3v) is 6.65. The molecule has 0 saturated heterocycles. The van der Waals surface area contributed by atoms with Gasteiger partial charge in [-0.2, -0.15) is 0 Å². The summed E-state index contributed by atoms with van der Waals surface area (Å²) in [5.74, 6) is -2.29. The molecule has 2 heterocycles. The van der Waals surface area contributed by atoms with E-state index in [0.717, 1.165) is 11.8 Å². The van der Waals surface area contributed by atoms with Crippen LogP contribution in [0.3, 0.4) is 0 Å². The van der Waals surface area contributed by atoms with Crippen molar-refractivity contribution in [3.05, 3.63) is 89.7 Å². The molecule has 0 spiro atoms. The number of nitrogens with one attached hydrogen (secondary N) is 2. The molecule has 1 aromatic heterocycles. The number of hydrogen-bond donors (Lipinski definition) is 3. The zero-order chi connectivity index (χ0) is 30.6. The normalized spacial score (nSPS) is 26.4. The lowest BCUT2D eigenvalue weighted by Crippen LogP contribution is -2.46. The highest BCUT2D eigenvalue weighted by Gasteiger charge is 2.30. The molecule has 0 radical (unpaired) electrons. The summed E-state index contributed by atoms with van der Waals surface area (Å²) < 4.78 is 11.3. The first-order valence-corrected chi connectivity index (χ1v) is 14.0. The van der Waals surface area contributed by atoms with Crippen molar-refractivity contribution in [1.29, 1.82) is 0 Å². The van der Waals surface area contributed by atoms with Crippen LogP contribution in [0, 0.1) is 11.8 Å². The van der Waals surface area contributed by atoms with E-state index in [4.69, 9.17) is 9.15 Å². The number of ether oxygens (including phenoxy) is 1. The van der Waals surface area contributed by atoms with Crippen molar-refractivity contribution in [2.45, 2.75) is 65.2 Å². The molecule has 1 aliphatic heterocycles. The fourth-order valence-electron chi connectivity index (χ4n) is 4.54. The lowest BCUT2D eigenvalue weighted by Gasteiger charge is -2.28. The second-order valence-corrected chi connectivity index (χ2v) is 10.8. The first-order chi connectivity index (χ1) is 20.0. The predicted octanol–water partition coefficient (Wildman–Crippen LogP) is 3.27. The zero-order valence-electron chi connectivity index (χ0n) is 24.4. The molecule has 0 saturated carbocycles. The van der Waals surface area contributed by atoms with Gasteiger partial charge in [0.1, 0.15) is 24.2 Å². The molecule has 2 bridgehead atoms. The number of rotatable bonds is 3. The van der Waals surface area contributed by atoms with Gasteiger partial charge in [0.15, 0.2) is 5.69 Å². The van der Waals surface area contributed by atoms with Gasteiger partial charge in [0.05, 0.1) is 12.5 Å². The largest absolute Gasteiger partial charge is 0.460 e. The number of carbonyl (C=O) groups excluding carboxylic acids is 4. The van der Waals surface area contributed by atoms with Crippen LogP contribution in [-0.2, 0) is 32.0 Å². The van der Waals surface area contributed by atoms with Gasteiger partial charge in [-0.05, 0) is 24.5 Å². The van der Waals surface area contributed by atoms with E-state index in [-0.39, 0.29) is 60.9 Å². The van der Waals surface area contributed by atoms with Crippen LogP contribution in [0.5, 0.6) is 0 Å². The fraction of sp³-hybridized carbons (Fsp3) is 0.406. The van der Waals surface area contributed by atoms with Gasteiger partial charge >= 0.3 is 5.97 Å². The molecule has 224 valence electrons. The van der Waals surface area contributed by atoms with Crippen LogP contribution >= 0.6 is 0 Å². The molecular formula is C32H39N3O7. The fourth-order valence-corrected chi connectivity index (χ4v) is 4.54. The number of fused-ring (bicyclic) bond motifs is 2. The minimum absolute atomic E-state index is 0.0229. The van der Waals surface area contributed by atoms with Gasteiger partial charge in [-0.3, -0.25) is 14.4 Å². The topological polar surface area (TPSA) is 148 Å². The van der Waals surface area contributed by atoms with Gasteiger partial charge in [-0.1, -0.05) is 81.0 Å². The molecule has 4 unspecified atom stereocenters. The molecule has 2 amide bonds. The van der Waals surface area contributed by atoms with E-state index < -0.39 is 30.1 Å². The lowest BCUT2D eigenvalue weighted by atomic mass is 9.94. The van der Waals surface area contributed by atoms with Crippen LogP contribution in [-0.4, -0.2) is 58.5 Å². The van der Waals surface area contributed by atoms with Crippen molar-refractivity contribution >= 4 is 23.6 Å². The number of oxazole rings is 1. The number of benzene rings is 1. The maximum Gasteiger partial charge on any atom is 0.329 e. The maximum atomic E-state index is 13.5. The third-order valence-electron chi connectivity index (χ3n) is 6.65. The summed E-state index contributed by atoms with van der Waals surface area (Å²) >= 11 is 0. The van der Waals surface area contributed by atoms with Gasteiger partial charge in [-0.15, -0.1) is 0 Å². The van der Waals surface area contributed by atoms with Crippen molar-refractivity contribution in [2.75, 3.05) is 6.54 Å². The number of aliphatic hydroxyl groups excluding tert-OH is 1. The lowest BCUT2D eigenvalue weighted by molar-refractivity contribution is -0.155. The van der Waals surface area contributed by atoms with E-state index >= 15 is 0 Å². The van der Waals surface area contributed by atoms with Crippen LogP contribution in [0.2, 0.25) is 0 Å². The summed E-state index contributed by atoms with van der Waals surface area (Å²) in [6, 6.07) is 8.16. The molecule has 4 atom stereocenters. The SMILES string of the molecule is CC1=C\C(O)CC(=O)Cc2nc(co2)C(=O)NC(Cc2ccccc2)C(=O)OC(C(C)C)C(C)/C=C/C(=O)NC\C=C\1. The molecule has 2 aromatic rings. The Hall–Kier alpha value is -4.31. The molecule has 3 N–H and O–H groups in total. The number of aliphatic hydroxyl groups is 1. The number of amides is 2. The summed E-state index contributed by atoms with van der Waals surface area (Å²) in [6.45, 7) is 7.71. The second kappa shape index (κ2) is 15.6. The van der Waals surface area contributed by atoms with Crippen LogP contribution in [0.1, 0.15) is 56.1 Å². The smallest absolute Gasteiger partial charge is 0.329 e. The van der Waals surface area contributed by atoms with Crippen LogP contribution in [0.4, 0.5) is 0 Å². The number of aromatic nitrogens is 1. The number of hydrogen-bond acceptors (Lipinski definition) is 8. The minimum Gasteiger partial charge on any atom is -0.460 e. The van der Waals surface area contributed by atoms with Crippen molar-refractivity contribution in [1.82, 2.24) is 15.6 Å². The zero-order valence-corrected chi connectivity index (χ0v) is 24.4. The monoisotopic (exact) mass is 577 g/mol. The molecule has 1 aromatic carbocycles. The van der Waals surface area contributed by atoms with Gasteiger partial charge in [0, 0.05) is 25.3 Å². The van der Waals surface area contributed by atoms with E-state index in [0.29, 0.717) is 5.57 Å². The molecule has 42 heavy (non-hydrogen) atoms. The van der Waals surface area contributed by atoms with E-state index in [2.05, 4.69) is 15.6 Å². The predicted molar refractivity (Wildman–Crippen MR) is 156 cm³/mol. The number of ketones is 1. The van der Waals surface area contributed by atoms with Crippen LogP contribution in [0.25, 0.3) is 0 Å². The number of cyclic esters (lactones) is 1. The second-order valence-electron chi connectivity index (χ2n) is 10.8. The molecule has 10 heteroatoms. The first kappa shape index (κ1) is 32.2. The summed E-state index contributed by atoms with van der Waals surface area (Å²) in [5, 5.41) is 15.7. The van der Waals surface area contributed by atoms with Crippen molar-refractivity contribution in [2.24, 2.45) is 11.8 Å². The van der Waals surface area contributed by atoms with Gasteiger partial charge in [0.25, 0.3) is 5.91 Å². The molecule has 10 nitrogen and oxygen atoms in total. The number of Topliss-reactive ketones (excluding diaryl/α,β-unsaturated/α-hetero) is 1. The molecule has 1 aliphatic rings. The Kier molecular flexibility index (Phi) is 12.0. The van der Waals surface area contributed by atoms with Crippen molar-refractivity contribution in [3.8, 4) is 0 Å². The van der Waals surface area contributed by atoms with E-state index in [1.54, 1.807) is 25.2 Å². The summed E-state index contributed by atoms with van der Waals surface area (Å²) in [4.78, 5) is 55.6.